The first-order valence-electron chi connectivity index (χ1n) is 10.5. The predicted molar refractivity (Wildman–Crippen MR) is 121 cm³/mol. The van der Waals surface area contributed by atoms with Crippen molar-refractivity contribution in [3.8, 4) is 5.75 Å². The molecule has 2 heterocycles. The summed E-state index contributed by atoms with van der Waals surface area (Å²) in [6, 6.07) is 14.8. The van der Waals surface area contributed by atoms with Gasteiger partial charge in [0.1, 0.15) is 17.3 Å². The van der Waals surface area contributed by atoms with E-state index in [1.165, 1.54) is 29.2 Å². The molecule has 168 valence electrons. The molecule has 0 saturated carbocycles. The average molecular weight is 446 g/mol. The smallest absolute Gasteiger partial charge is 0.295 e. The van der Waals surface area contributed by atoms with Crippen LogP contribution in [0.3, 0.4) is 0 Å². The van der Waals surface area contributed by atoms with Gasteiger partial charge in [0.25, 0.3) is 11.7 Å². The Kier molecular flexibility index (Phi) is 6.22. The van der Waals surface area contributed by atoms with Crippen molar-refractivity contribution >= 4 is 17.4 Å². The molecule has 0 radical (unpaired) electrons. The molecular weight excluding hydrogens is 423 g/mol. The number of likely N-dealkylation sites (tertiary alicyclic amines) is 1. The minimum atomic E-state index is -0.877. The Bertz CT molecular complexity index is 1190. The molecule has 1 atom stereocenters. The molecule has 1 aromatic heterocycles. The second-order valence-corrected chi connectivity index (χ2v) is 8.03. The zero-order valence-electron chi connectivity index (χ0n) is 18.2. The van der Waals surface area contributed by atoms with Crippen LogP contribution in [-0.4, -0.2) is 32.8 Å². The van der Waals surface area contributed by atoms with E-state index in [1.54, 1.807) is 48.8 Å². The molecule has 1 aliphatic rings. The Morgan fingerprint density at radius 3 is 2.39 bits per heavy atom. The Balaban J connectivity index is 1.79. The number of pyridine rings is 1. The van der Waals surface area contributed by atoms with Gasteiger partial charge in [0.05, 0.1) is 17.7 Å². The highest BCUT2D eigenvalue weighted by Crippen LogP contribution is 2.40. The first-order valence-corrected chi connectivity index (χ1v) is 10.5. The van der Waals surface area contributed by atoms with Crippen molar-refractivity contribution in [2.24, 2.45) is 0 Å². The molecule has 1 fully saturated rings. The summed E-state index contributed by atoms with van der Waals surface area (Å²) in [6.45, 7) is 3.92. The third-order valence-corrected chi connectivity index (χ3v) is 5.30. The van der Waals surface area contributed by atoms with Gasteiger partial charge in [0.15, 0.2) is 0 Å². The molecule has 1 N–H and O–H groups in total. The number of ether oxygens (including phenoxy) is 1. The van der Waals surface area contributed by atoms with Crippen LogP contribution in [0.4, 0.5) is 4.39 Å². The van der Waals surface area contributed by atoms with Crippen molar-refractivity contribution < 1.29 is 23.8 Å². The summed E-state index contributed by atoms with van der Waals surface area (Å²) in [7, 11) is 0. The standard InChI is InChI=1S/C26H23FN2O4/c1-16(2)33-21-11-7-19(8-12-21)24(30)22-23(18-5-9-20(27)10-6-18)29(26(32)25(22)31)15-17-4-3-13-28-14-17/h3-14,16,23,30H,15H2,1-2H3/t23-/m0/s1. The summed E-state index contributed by atoms with van der Waals surface area (Å²) in [5.74, 6) is -1.66. The van der Waals surface area contributed by atoms with Crippen molar-refractivity contribution in [1.82, 2.24) is 9.88 Å². The van der Waals surface area contributed by atoms with Crippen molar-refractivity contribution in [2.75, 3.05) is 0 Å². The Morgan fingerprint density at radius 2 is 1.79 bits per heavy atom. The van der Waals surface area contributed by atoms with E-state index >= 15 is 0 Å². The second kappa shape index (κ2) is 9.24. The second-order valence-electron chi connectivity index (χ2n) is 8.03. The molecule has 3 aromatic rings. The maximum absolute atomic E-state index is 13.6. The van der Waals surface area contributed by atoms with E-state index < -0.39 is 23.5 Å². The van der Waals surface area contributed by atoms with Gasteiger partial charge >= 0.3 is 0 Å². The number of ketones is 1. The fourth-order valence-corrected chi connectivity index (χ4v) is 3.84. The van der Waals surface area contributed by atoms with Crippen LogP contribution in [0.1, 0.15) is 36.6 Å². The third kappa shape index (κ3) is 4.62. The summed E-state index contributed by atoms with van der Waals surface area (Å²) in [4.78, 5) is 31.5. The quantitative estimate of drug-likeness (QED) is 0.339. The zero-order valence-corrected chi connectivity index (χ0v) is 18.2. The summed E-state index contributed by atoms with van der Waals surface area (Å²) in [5, 5.41) is 11.1. The molecule has 1 aliphatic heterocycles. The minimum Gasteiger partial charge on any atom is -0.507 e. The molecule has 6 nitrogen and oxygen atoms in total. The molecule has 0 unspecified atom stereocenters. The molecule has 0 spiro atoms. The number of aliphatic hydroxyl groups excluding tert-OH is 1. The maximum atomic E-state index is 13.6. The van der Waals surface area contributed by atoms with E-state index in [4.69, 9.17) is 4.74 Å². The van der Waals surface area contributed by atoms with Crippen LogP contribution in [0.5, 0.6) is 5.75 Å². The third-order valence-electron chi connectivity index (χ3n) is 5.30. The SMILES string of the molecule is CC(C)Oc1ccc(C(O)=C2C(=O)C(=O)N(Cc3cccnc3)[C@H]2c2ccc(F)cc2)cc1. The van der Waals surface area contributed by atoms with Crippen molar-refractivity contribution in [1.29, 1.82) is 0 Å². The van der Waals surface area contributed by atoms with Gasteiger partial charge in [-0.25, -0.2) is 4.39 Å². The van der Waals surface area contributed by atoms with Gasteiger partial charge in [0.2, 0.25) is 0 Å². The summed E-state index contributed by atoms with van der Waals surface area (Å²) < 4.78 is 19.2. The molecule has 1 saturated heterocycles. The van der Waals surface area contributed by atoms with Crippen LogP contribution in [-0.2, 0) is 16.1 Å². The number of hydrogen-bond donors (Lipinski definition) is 1. The van der Waals surface area contributed by atoms with Crippen LogP contribution in [0.15, 0.2) is 78.6 Å². The van der Waals surface area contributed by atoms with Crippen molar-refractivity contribution in [3.05, 3.63) is 101 Å². The summed E-state index contributed by atoms with van der Waals surface area (Å²) in [6.07, 6.45) is 3.21. The molecule has 33 heavy (non-hydrogen) atoms. The number of rotatable bonds is 6. The fourth-order valence-electron chi connectivity index (χ4n) is 3.84. The molecule has 0 bridgehead atoms. The van der Waals surface area contributed by atoms with E-state index in [2.05, 4.69) is 4.98 Å². The average Bonchev–Trinajstić information content (AvgIpc) is 3.05. The van der Waals surface area contributed by atoms with Gasteiger partial charge in [-0.3, -0.25) is 14.6 Å². The number of aliphatic hydroxyl groups is 1. The number of halogens is 1. The number of aromatic nitrogens is 1. The van der Waals surface area contributed by atoms with Crippen LogP contribution >= 0.6 is 0 Å². The molecule has 4 rings (SSSR count). The lowest BCUT2D eigenvalue weighted by molar-refractivity contribution is -0.140. The van der Waals surface area contributed by atoms with E-state index in [0.717, 1.165) is 5.56 Å². The van der Waals surface area contributed by atoms with Crippen LogP contribution in [0, 0.1) is 5.82 Å². The van der Waals surface area contributed by atoms with E-state index in [-0.39, 0.29) is 24.0 Å². The molecule has 2 aromatic carbocycles. The first kappa shape index (κ1) is 22.2. The number of amides is 1. The number of carbonyl (C=O) groups excluding carboxylic acids is 2. The van der Waals surface area contributed by atoms with Gasteiger partial charge in [-0.2, -0.15) is 0 Å². The topological polar surface area (TPSA) is 79.7 Å². The zero-order chi connectivity index (χ0) is 23.5. The number of benzene rings is 2. The highest BCUT2D eigenvalue weighted by atomic mass is 19.1. The largest absolute Gasteiger partial charge is 0.507 e. The summed E-state index contributed by atoms with van der Waals surface area (Å²) in [5.41, 5.74) is 1.56. The van der Waals surface area contributed by atoms with E-state index in [1.807, 2.05) is 13.8 Å². The number of nitrogens with zero attached hydrogens (tertiary/aromatic N) is 2. The number of Topliss-reactive ketones (excluding diaryl/α,β-unsaturated/α-hetero) is 1. The van der Waals surface area contributed by atoms with E-state index in [0.29, 0.717) is 16.9 Å². The summed E-state index contributed by atoms with van der Waals surface area (Å²) >= 11 is 0. The first-order chi connectivity index (χ1) is 15.8. The highest BCUT2D eigenvalue weighted by Gasteiger charge is 2.46. The lowest BCUT2D eigenvalue weighted by Gasteiger charge is -2.25. The van der Waals surface area contributed by atoms with Crippen LogP contribution in [0.25, 0.3) is 5.76 Å². The van der Waals surface area contributed by atoms with Gasteiger partial charge < -0.3 is 14.7 Å². The van der Waals surface area contributed by atoms with Crippen LogP contribution < -0.4 is 4.74 Å². The molecule has 7 heteroatoms. The lowest BCUT2D eigenvalue weighted by Crippen LogP contribution is -2.29. The van der Waals surface area contributed by atoms with Gasteiger partial charge in [-0.05, 0) is 67.4 Å². The fraction of sp³-hybridized carbons (Fsp3) is 0.192. The molecule has 1 amide bonds. The normalized spacial score (nSPS) is 17.6. The Hall–Kier alpha value is -4.00. The predicted octanol–water partition coefficient (Wildman–Crippen LogP) is 4.63. The van der Waals surface area contributed by atoms with Crippen LogP contribution in [0.2, 0.25) is 0 Å². The van der Waals surface area contributed by atoms with Gasteiger partial charge in [-0.1, -0.05) is 18.2 Å². The van der Waals surface area contributed by atoms with E-state index in [9.17, 15) is 19.1 Å². The monoisotopic (exact) mass is 446 g/mol. The molecule has 0 aliphatic carbocycles. The Morgan fingerprint density at radius 1 is 1.09 bits per heavy atom. The van der Waals surface area contributed by atoms with Gasteiger partial charge in [-0.15, -0.1) is 0 Å². The minimum absolute atomic E-state index is 0.0132. The van der Waals surface area contributed by atoms with Crippen molar-refractivity contribution in [3.63, 3.8) is 0 Å². The molecular formula is C26H23FN2O4. The lowest BCUT2D eigenvalue weighted by atomic mass is 9.95. The maximum Gasteiger partial charge on any atom is 0.295 e. The van der Waals surface area contributed by atoms with Crippen molar-refractivity contribution in [2.45, 2.75) is 32.5 Å². The highest BCUT2D eigenvalue weighted by molar-refractivity contribution is 6.46. The number of hydrogen-bond acceptors (Lipinski definition) is 5. The number of carbonyl (C=O) groups is 2. The Labute approximate surface area is 191 Å². The van der Waals surface area contributed by atoms with Gasteiger partial charge in [0, 0.05) is 24.5 Å².